The van der Waals surface area contributed by atoms with Crippen LogP contribution in [0.1, 0.15) is 53.7 Å². The third-order valence-electron chi connectivity index (χ3n) is 7.23. The fourth-order valence-corrected chi connectivity index (χ4v) is 5.44. The predicted molar refractivity (Wildman–Crippen MR) is 158 cm³/mol. The number of nitrogens with two attached hydrogens (primary N) is 1. The minimum absolute atomic E-state index is 0.153. The van der Waals surface area contributed by atoms with Gasteiger partial charge in [0.2, 0.25) is 5.91 Å². The Bertz CT molecular complexity index is 1660. The summed E-state index contributed by atoms with van der Waals surface area (Å²) in [4.78, 5) is 15.4. The Labute approximate surface area is 249 Å². The van der Waals surface area contributed by atoms with Crippen LogP contribution in [0.25, 0.3) is 11.1 Å². The second-order valence-corrected chi connectivity index (χ2v) is 10.7. The number of nitrogens with one attached hydrogen (secondary N) is 1. The van der Waals surface area contributed by atoms with Crippen molar-refractivity contribution in [1.29, 1.82) is 5.26 Å². The van der Waals surface area contributed by atoms with Crippen molar-refractivity contribution in [2.24, 2.45) is 5.73 Å². The van der Waals surface area contributed by atoms with E-state index in [4.69, 9.17) is 26.8 Å². The molecule has 1 amide bonds. The molecule has 0 spiro atoms. The van der Waals surface area contributed by atoms with Crippen LogP contribution in [0, 0.1) is 17.1 Å². The fourth-order valence-electron chi connectivity index (χ4n) is 5.21. The van der Waals surface area contributed by atoms with Crippen LogP contribution < -0.4 is 20.5 Å². The molecular formula is C33H30ClFN4O3. The van der Waals surface area contributed by atoms with E-state index in [2.05, 4.69) is 16.4 Å². The molecule has 42 heavy (non-hydrogen) atoms. The van der Waals surface area contributed by atoms with Crippen molar-refractivity contribution in [2.45, 2.75) is 51.5 Å². The van der Waals surface area contributed by atoms with E-state index in [0.717, 1.165) is 34.2 Å². The molecule has 3 N–H and O–H groups in total. The van der Waals surface area contributed by atoms with Crippen LogP contribution in [0.15, 0.2) is 73.1 Å². The molecule has 1 aliphatic rings. The van der Waals surface area contributed by atoms with Gasteiger partial charge in [0.25, 0.3) is 0 Å². The molecule has 4 aromatic rings. The van der Waals surface area contributed by atoms with Gasteiger partial charge in [-0.05, 0) is 54.7 Å². The fraction of sp³-hybridized carbons (Fsp3) is 0.242. The molecule has 0 fully saturated rings. The molecule has 1 aliphatic carbocycles. The minimum atomic E-state index is -0.395. The first kappa shape index (κ1) is 29.1. The summed E-state index contributed by atoms with van der Waals surface area (Å²) in [7, 11) is 0. The Kier molecular flexibility index (Phi) is 9.01. The summed E-state index contributed by atoms with van der Waals surface area (Å²) in [6.45, 7) is 2.42. The Morgan fingerprint density at radius 3 is 2.76 bits per heavy atom. The molecule has 7 nitrogen and oxygen atoms in total. The van der Waals surface area contributed by atoms with Gasteiger partial charge < -0.3 is 20.5 Å². The number of ether oxygens (including phenoxy) is 2. The summed E-state index contributed by atoms with van der Waals surface area (Å²) >= 11 is 6.73. The third kappa shape index (κ3) is 6.71. The summed E-state index contributed by atoms with van der Waals surface area (Å²) < 4.78 is 27.3. The van der Waals surface area contributed by atoms with Crippen LogP contribution in [0.2, 0.25) is 5.02 Å². The summed E-state index contributed by atoms with van der Waals surface area (Å²) in [5.74, 6) is 0.339. The Hall–Kier alpha value is -4.45. The number of rotatable bonds is 11. The third-order valence-corrected chi connectivity index (χ3v) is 7.53. The highest BCUT2D eigenvalue weighted by Gasteiger charge is 2.28. The summed E-state index contributed by atoms with van der Waals surface area (Å²) in [5.41, 5.74) is 10.8. The highest BCUT2D eigenvalue weighted by Crippen LogP contribution is 2.43. The first-order valence-electron chi connectivity index (χ1n) is 13.7. The van der Waals surface area contributed by atoms with E-state index in [9.17, 15) is 14.4 Å². The number of carbonyl (C=O) groups is 1. The highest BCUT2D eigenvalue weighted by molar-refractivity contribution is 6.32. The molecule has 5 rings (SSSR count). The Morgan fingerprint density at radius 2 is 1.98 bits per heavy atom. The molecule has 9 heteroatoms. The molecule has 1 heterocycles. The van der Waals surface area contributed by atoms with E-state index in [0.29, 0.717) is 40.6 Å². The van der Waals surface area contributed by atoms with Crippen molar-refractivity contribution in [3.8, 4) is 28.7 Å². The van der Waals surface area contributed by atoms with E-state index in [-0.39, 0.29) is 31.0 Å². The molecule has 0 saturated carbocycles. The predicted octanol–water partition coefficient (Wildman–Crippen LogP) is 6.41. The lowest BCUT2D eigenvalue weighted by atomic mass is 9.96. The van der Waals surface area contributed by atoms with Crippen molar-refractivity contribution >= 4 is 17.5 Å². The van der Waals surface area contributed by atoms with Gasteiger partial charge in [-0.2, -0.15) is 5.26 Å². The van der Waals surface area contributed by atoms with Gasteiger partial charge in [-0.3, -0.25) is 9.78 Å². The SMILES string of the molecule is C[C@H](CC(N)=O)NCc1cc(Cl)c(O[C@H]2CCc3c(-c4ccccc4F)cccc32)cc1OCc1cncc(C#N)c1. The maximum Gasteiger partial charge on any atom is 0.218 e. The minimum Gasteiger partial charge on any atom is -0.488 e. The van der Waals surface area contributed by atoms with Gasteiger partial charge >= 0.3 is 0 Å². The zero-order valence-electron chi connectivity index (χ0n) is 23.1. The molecule has 0 radical (unpaired) electrons. The van der Waals surface area contributed by atoms with Crippen LogP contribution in [-0.4, -0.2) is 16.9 Å². The number of aromatic nitrogens is 1. The lowest BCUT2D eigenvalue weighted by Gasteiger charge is -2.20. The zero-order valence-corrected chi connectivity index (χ0v) is 23.8. The number of carbonyl (C=O) groups excluding carboxylic acids is 1. The van der Waals surface area contributed by atoms with Crippen LogP contribution in [0.4, 0.5) is 4.39 Å². The van der Waals surface area contributed by atoms with E-state index >= 15 is 0 Å². The van der Waals surface area contributed by atoms with Crippen LogP contribution in [-0.2, 0) is 24.4 Å². The van der Waals surface area contributed by atoms with Gasteiger partial charge in [0.1, 0.15) is 36.1 Å². The number of halogens is 2. The number of primary amides is 1. The number of nitrogens with zero attached hydrogens (tertiary/aromatic N) is 2. The molecule has 0 aliphatic heterocycles. The number of pyridine rings is 1. The van der Waals surface area contributed by atoms with Crippen molar-refractivity contribution in [2.75, 3.05) is 0 Å². The van der Waals surface area contributed by atoms with E-state index in [1.807, 2.05) is 31.2 Å². The topological polar surface area (TPSA) is 110 Å². The van der Waals surface area contributed by atoms with Gasteiger partial charge in [-0.1, -0.05) is 48.0 Å². The first-order chi connectivity index (χ1) is 20.3. The number of hydrogen-bond acceptors (Lipinski definition) is 6. The van der Waals surface area contributed by atoms with Gasteiger partial charge in [0.05, 0.1) is 10.6 Å². The summed E-state index contributed by atoms with van der Waals surface area (Å²) in [5, 5.41) is 12.9. The average molecular weight is 585 g/mol. The molecule has 2 atom stereocenters. The lowest BCUT2D eigenvalue weighted by molar-refractivity contribution is -0.118. The van der Waals surface area contributed by atoms with Crippen LogP contribution in [0.5, 0.6) is 11.5 Å². The van der Waals surface area contributed by atoms with E-state index in [1.54, 1.807) is 36.5 Å². The second kappa shape index (κ2) is 13.0. The smallest absolute Gasteiger partial charge is 0.218 e. The molecule has 3 aromatic carbocycles. The lowest BCUT2D eigenvalue weighted by Crippen LogP contribution is -2.30. The second-order valence-electron chi connectivity index (χ2n) is 10.3. The molecule has 214 valence electrons. The largest absolute Gasteiger partial charge is 0.488 e. The molecular weight excluding hydrogens is 555 g/mol. The quantitative estimate of drug-likeness (QED) is 0.211. The standard InChI is InChI=1S/C33H30ClFN4O3/c1-20(11-33(37)40)39-18-23-13-28(34)32(14-31(23)41-19-22-12-21(15-36)16-38-17-22)42-30-10-9-25-24(6-4-7-27(25)30)26-5-2-3-8-29(26)35/h2-8,12-14,16-17,20,30,39H,9-11,18-19H2,1H3,(H2,37,40)/t20-,30+/m1/s1. The first-order valence-corrected chi connectivity index (χ1v) is 14.0. The zero-order chi connectivity index (χ0) is 29.6. The number of benzene rings is 3. The van der Waals surface area contributed by atoms with Gasteiger partial charge in [0.15, 0.2) is 0 Å². The number of hydrogen-bond donors (Lipinski definition) is 2. The average Bonchev–Trinajstić information content (AvgIpc) is 3.39. The molecule has 0 bridgehead atoms. The van der Waals surface area contributed by atoms with Crippen molar-refractivity contribution in [1.82, 2.24) is 10.3 Å². The van der Waals surface area contributed by atoms with Gasteiger partial charge in [-0.25, -0.2) is 4.39 Å². The van der Waals surface area contributed by atoms with E-state index < -0.39 is 5.91 Å². The maximum atomic E-state index is 14.6. The van der Waals surface area contributed by atoms with Crippen LogP contribution >= 0.6 is 11.6 Å². The maximum absolute atomic E-state index is 14.6. The normalized spacial score (nSPS) is 14.6. The van der Waals surface area contributed by atoms with Gasteiger partial charge in [-0.15, -0.1) is 0 Å². The summed E-state index contributed by atoms with van der Waals surface area (Å²) in [6, 6.07) is 19.8. The number of fused-ring (bicyclic) bond motifs is 1. The highest BCUT2D eigenvalue weighted by atomic mass is 35.5. The van der Waals surface area contributed by atoms with Crippen molar-refractivity contribution in [3.63, 3.8) is 0 Å². The summed E-state index contributed by atoms with van der Waals surface area (Å²) in [6.07, 6.45) is 4.51. The van der Waals surface area contributed by atoms with E-state index in [1.165, 1.54) is 12.3 Å². The number of amides is 1. The van der Waals surface area contributed by atoms with Crippen LogP contribution in [0.3, 0.4) is 0 Å². The molecule has 1 aromatic heterocycles. The monoisotopic (exact) mass is 584 g/mol. The molecule has 0 unspecified atom stereocenters. The van der Waals surface area contributed by atoms with Crippen molar-refractivity contribution < 1.29 is 18.7 Å². The Balaban J connectivity index is 1.41. The Morgan fingerprint density at radius 1 is 1.17 bits per heavy atom. The number of nitriles is 1. The molecule has 0 saturated heterocycles. The van der Waals surface area contributed by atoms with Crippen molar-refractivity contribution in [3.05, 3.63) is 112 Å². The van der Waals surface area contributed by atoms with Gasteiger partial charge in [0, 0.05) is 54.2 Å².